The number of rotatable bonds is 6. The normalized spacial score (nSPS) is 18.8. The van der Waals surface area contributed by atoms with E-state index in [2.05, 4.69) is 25.4 Å². The quantitative estimate of drug-likeness (QED) is 0.481. The molecule has 0 spiro atoms. The van der Waals surface area contributed by atoms with E-state index in [9.17, 15) is 9.59 Å². The second-order valence-electron chi connectivity index (χ2n) is 10.2. The summed E-state index contributed by atoms with van der Waals surface area (Å²) in [5.74, 6) is 1.14. The van der Waals surface area contributed by atoms with Crippen molar-refractivity contribution < 1.29 is 23.8 Å². The molecule has 1 saturated heterocycles. The lowest BCUT2D eigenvalue weighted by molar-refractivity contribution is 0.0512. The lowest BCUT2D eigenvalue weighted by Gasteiger charge is -2.27. The molecule has 2 aliphatic heterocycles. The van der Waals surface area contributed by atoms with Gasteiger partial charge in [0.05, 0.1) is 23.9 Å². The number of nitrogens with one attached hydrogen (secondary N) is 2. The lowest BCUT2D eigenvalue weighted by atomic mass is 10.0. The fraction of sp³-hybridized carbons (Fsp3) is 0.407. The van der Waals surface area contributed by atoms with Crippen molar-refractivity contribution >= 4 is 29.0 Å². The van der Waals surface area contributed by atoms with Crippen LogP contribution in [0, 0.1) is 0 Å². The number of nitrogens with zero attached hydrogens (tertiary/aromatic N) is 3. The zero-order valence-electron chi connectivity index (χ0n) is 21.5. The molecule has 5 rings (SSSR count). The van der Waals surface area contributed by atoms with Crippen LogP contribution in [0.5, 0.6) is 11.5 Å². The number of Topliss-reactive ketones (excluding diaryl/α,β-unsaturated/α-hetero) is 1. The Morgan fingerprint density at radius 3 is 2.95 bits per heavy atom. The van der Waals surface area contributed by atoms with Crippen LogP contribution in [-0.4, -0.2) is 63.8 Å². The molecule has 1 aromatic carbocycles. The number of pyridine rings is 1. The van der Waals surface area contributed by atoms with Crippen molar-refractivity contribution in [2.24, 2.45) is 0 Å². The molecule has 2 aliphatic rings. The maximum absolute atomic E-state index is 13.2. The van der Waals surface area contributed by atoms with Gasteiger partial charge in [-0.3, -0.25) is 14.8 Å². The molecule has 10 heteroatoms. The van der Waals surface area contributed by atoms with Crippen molar-refractivity contribution in [3.05, 3.63) is 53.0 Å². The smallest absolute Gasteiger partial charge is 0.407 e. The Morgan fingerprint density at radius 1 is 1.32 bits per heavy atom. The summed E-state index contributed by atoms with van der Waals surface area (Å²) in [5, 5.41) is 10.9. The summed E-state index contributed by atoms with van der Waals surface area (Å²) in [7, 11) is 1.60. The third-order valence-electron chi connectivity index (χ3n) is 6.49. The molecule has 1 fully saturated rings. The van der Waals surface area contributed by atoms with E-state index in [4.69, 9.17) is 14.2 Å². The van der Waals surface area contributed by atoms with Crippen LogP contribution in [0.1, 0.15) is 55.2 Å². The van der Waals surface area contributed by atoms with Crippen LogP contribution in [0.4, 0.5) is 4.79 Å². The zero-order chi connectivity index (χ0) is 26.2. The van der Waals surface area contributed by atoms with Gasteiger partial charge in [-0.15, -0.1) is 0 Å². The first-order valence-electron chi connectivity index (χ1n) is 12.4. The number of alkyl carbamates (subject to hydrolysis) is 1. The number of ether oxygens (including phenoxy) is 3. The third kappa shape index (κ3) is 5.15. The van der Waals surface area contributed by atoms with Crippen LogP contribution in [-0.2, 0) is 11.3 Å². The summed E-state index contributed by atoms with van der Waals surface area (Å²) in [5.41, 5.74) is 1.96. The molecular weight excluding hydrogens is 474 g/mol. The van der Waals surface area contributed by atoms with Gasteiger partial charge in [-0.2, -0.15) is 5.10 Å². The highest BCUT2D eigenvalue weighted by Gasteiger charge is 2.34. The SMILES string of the molecule is COc1ccc2c(c1CN1CCCC1CNC(=O)OC(C)(C)C)O/C(=C\c1n[nH]c3ncccc13)C2=O. The van der Waals surface area contributed by atoms with Crippen LogP contribution in [0.15, 0.2) is 36.2 Å². The number of likely N-dealkylation sites (tertiary alicyclic amines) is 1. The molecular formula is C27H31N5O5. The molecule has 37 heavy (non-hydrogen) atoms. The number of aromatic amines is 1. The zero-order valence-corrected chi connectivity index (χ0v) is 21.5. The summed E-state index contributed by atoms with van der Waals surface area (Å²) in [6.07, 6.45) is 4.84. The van der Waals surface area contributed by atoms with Crippen LogP contribution < -0.4 is 14.8 Å². The number of carbonyl (C=O) groups excluding carboxylic acids is 2. The number of allylic oxidation sites excluding steroid dienone is 1. The van der Waals surface area contributed by atoms with Gasteiger partial charge >= 0.3 is 6.09 Å². The van der Waals surface area contributed by atoms with Crippen molar-refractivity contribution in [3.63, 3.8) is 0 Å². The fourth-order valence-electron chi connectivity index (χ4n) is 4.79. The van der Waals surface area contributed by atoms with Crippen LogP contribution in [0.3, 0.4) is 0 Å². The molecule has 0 bridgehead atoms. The lowest BCUT2D eigenvalue weighted by Crippen LogP contribution is -2.41. The summed E-state index contributed by atoms with van der Waals surface area (Å²) in [4.78, 5) is 31.9. The second-order valence-corrected chi connectivity index (χ2v) is 10.2. The third-order valence-corrected chi connectivity index (χ3v) is 6.49. The van der Waals surface area contributed by atoms with Gasteiger partial charge in [-0.25, -0.2) is 9.78 Å². The molecule has 0 radical (unpaired) electrons. The Kier molecular flexibility index (Phi) is 6.59. The Hall–Kier alpha value is -3.92. The van der Waals surface area contributed by atoms with Gasteiger partial charge in [-0.1, -0.05) is 0 Å². The van der Waals surface area contributed by atoms with E-state index in [-0.39, 0.29) is 17.6 Å². The van der Waals surface area contributed by atoms with Gasteiger partial charge in [0.25, 0.3) is 0 Å². The van der Waals surface area contributed by atoms with Crippen molar-refractivity contribution in [1.29, 1.82) is 0 Å². The van der Waals surface area contributed by atoms with Crippen molar-refractivity contribution in [2.75, 3.05) is 20.2 Å². The Balaban J connectivity index is 1.37. The largest absolute Gasteiger partial charge is 0.496 e. The Labute approximate surface area is 215 Å². The van der Waals surface area contributed by atoms with Crippen molar-refractivity contribution in [1.82, 2.24) is 25.4 Å². The molecule has 2 N–H and O–H groups in total. The summed E-state index contributed by atoms with van der Waals surface area (Å²) in [6, 6.07) is 7.37. The minimum Gasteiger partial charge on any atom is -0.496 e. The number of hydrogen-bond acceptors (Lipinski definition) is 8. The summed E-state index contributed by atoms with van der Waals surface area (Å²) >= 11 is 0. The monoisotopic (exact) mass is 505 g/mol. The number of H-pyrrole nitrogens is 1. The molecule has 2 aromatic heterocycles. The van der Waals surface area contributed by atoms with Gasteiger partial charge < -0.3 is 19.5 Å². The first kappa shape index (κ1) is 24.8. The maximum Gasteiger partial charge on any atom is 0.407 e. The average Bonchev–Trinajstić information content (AvgIpc) is 3.56. The number of aromatic nitrogens is 3. The fourth-order valence-corrected chi connectivity index (χ4v) is 4.79. The average molecular weight is 506 g/mol. The number of carbonyl (C=O) groups is 2. The minimum absolute atomic E-state index is 0.128. The maximum atomic E-state index is 13.2. The van der Waals surface area contributed by atoms with Crippen molar-refractivity contribution in [3.8, 4) is 11.5 Å². The van der Waals surface area contributed by atoms with Gasteiger partial charge in [0.15, 0.2) is 11.4 Å². The van der Waals surface area contributed by atoms with Gasteiger partial charge in [0.2, 0.25) is 5.78 Å². The predicted molar refractivity (Wildman–Crippen MR) is 137 cm³/mol. The molecule has 10 nitrogen and oxygen atoms in total. The van der Waals surface area contributed by atoms with E-state index in [1.165, 1.54) is 0 Å². The molecule has 3 aromatic rings. The number of fused-ring (bicyclic) bond motifs is 2. The van der Waals surface area contributed by atoms with E-state index in [1.807, 2.05) is 32.9 Å². The van der Waals surface area contributed by atoms with E-state index in [0.29, 0.717) is 41.5 Å². The molecule has 0 aliphatic carbocycles. The number of hydrogen-bond donors (Lipinski definition) is 2. The van der Waals surface area contributed by atoms with Gasteiger partial charge in [0.1, 0.15) is 17.1 Å². The number of methoxy groups -OCH3 is 1. The van der Waals surface area contributed by atoms with Crippen LogP contribution in [0.25, 0.3) is 17.1 Å². The summed E-state index contributed by atoms with van der Waals surface area (Å²) < 4.78 is 17.2. The second kappa shape index (κ2) is 9.85. The molecule has 0 saturated carbocycles. The molecule has 4 heterocycles. The number of ketones is 1. The van der Waals surface area contributed by atoms with Gasteiger partial charge in [-0.05, 0) is 64.4 Å². The topological polar surface area (TPSA) is 119 Å². The standard InChI is InChI=1S/C27H31N5O5/c1-27(2,3)37-26(34)29-14-16-7-6-12-32(16)15-19-21(35-4)10-9-18-23(33)22(36-24(18)19)13-20-17-8-5-11-28-25(17)31-30-20/h5,8-11,13,16H,6-7,12,14-15H2,1-4H3,(H,29,34)(H,28,30,31)/b22-13-. The van der Waals surface area contributed by atoms with Crippen molar-refractivity contribution in [2.45, 2.75) is 51.8 Å². The minimum atomic E-state index is -0.550. The van der Waals surface area contributed by atoms with Crippen LogP contribution >= 0.6 is 0 Å². The highest BCUT2D eigenvalue weighted by Crippen LogP contribution is 2.41. The molecule has 1 amide bonds. The van der Waals surface area contributed by atoms with E-state index in [1.54, 1.807) is 31.5 Å². The predicted octanol–water partition coefficient (Wildman–Crippen LogP) is 4.07. The number of amides is 1. The first-order chi connectivity index (χ1) is 17.7. The molecule has 194 valence electrons. The number of benzene rings is 1. The summed E-state index contributed by atoms with van der Waals surface area (Å²) in [6.45, 7) is 7.36. The van der Waals surface area contributed by atoms with Crippen LogP contribution in [0.2, 0.25) is 0 Å². The van der Waals surface area contributed by atoms with E-state index < -0.39 is 11.7 Å². The Morgan fingerprint density at radius 2 is 2.16 bits per heavy atom. The first-order valence-corrected chi connectivity index (χ1v) is 12.4. The highest BCUT2D eigenvalue weighted by atomic mass is 16.6. The molecule has 1 unspecified atom stereocenters. The highest BCUT2D eigenvalue weighted by molar-refractivity contribution is 6.15. The van der Waals surface area contributed by atoms with E-state index in [0.717, 1.165) is 30.3 Å². The van der Waals surface area contributed by atoms with Gasteiger partial charge in [0, 0.05) is 36.8 Å². The molecule has 1 atom stereocenters. The Bertz CT molecular complexity index is 1370. The van der Waals surface area contributed by atoms with E-state index >= 15 is 0 Å².